The van der Waals surface area contributed by atoms with Gasteiger partial charge in [-0.15, -0.1) is 0 Å². The highest BCUT2D eigenvalue weighted by atomic mass is 35.5. The van der Waals surface area contributed by atoms with Gasteiger partial charge in [-0.2, -0.15) is 0 Å². The maximum atomic E-state index is 12.2. The number of methoxy groups -OCH3 is 1. The van der Waals surface area contributed by atoms with Crippen LogP contribution in [0.1, 0.15) is 0 Å². The van der Waals surface area contributed by atoms with Gasteiger partial charge in [-0.05, 0) is 42.5 Å². The quantitative estimate of drug-likeness (QED) is 0.851. The average Bonchev–Trinajstić information content (AvgIpc) is 2.42. The van der Waals surface area contributed by atoms with E-state index in [9.17, 15) is 8.42 Å². The summed E-state index contributed by atoms with van der Waals surface area (Å²) < 4.78 is 31.8. The molecule has 0 bridgehead atoms. The van der Waals surface area contributed by atoms with Gasteiger partial charge < -0.3 is 10.5 Å². The molecule has 0 unspecified atom stereocenters. The molecule has 106 valence electrons. The first-order valence-corrected chi connectivity index (χ1v) is 7.50. The molecule has 0 aliphatic heterocycles. The van der Waals surface area contributed by atoms with Crippen LogP contribution in [0.2, 0.25) is 5.02 Å². The average molecular weight is 313 g/mol. The lowest BCUT2D eigenvalue weighted by atomic mass is 10.3. The second kappa shape index (κ2) is 5.60. The Labute approximate surface area is 122 Å². The topological polar surface area (TPSA) is 81.4 Å². The van der Waals surface area contributed by atoms with Crippen LogP contribution in [0.3, 0.4) is 0 Å². The van der Waals surface area contributed by atoms with E-state index in [0.29, 0.717) is 10.8 Å². The van der Waals surface area contributed by atoms with Crippen molar-refractivity contribution in [1.29, 1.82) is 0 Å². The van der Waals surface area contributed by atoms with Crippen molar-refractivity contribution in [3.05, 3.63) is 47.5 Å². The molecule has 0 radical (unpaired) electrons. The predicted octanol–water partition coefficient (Wildman–Crippen LogP) is 2.73. The van der Waals surface area contributed by atoms with Crippen molar-refractivity contribution in [1.82, 2.24) is 0 Å². The number of nitrogens with one attached hydrogen (secondary N) is 1. The molecule has 0 aromatic heterocycles. The van der Waals surface area contributed by atoms with Crippen LogP contribution in [0, 0.1) is 0 Å². The highest BCUT2D eigenvalue weighted by Gasteiger charge is 2.15. The van der Waals surface area contributed by atoms with Crippen LogP contribution < -0.4 is 15.2 Å². The minimum atomic E-state index is -3.70. The molecule has 0 aliphatic rings. The van der Waals surface area contributed by atoms with Gasteiger partial charge in [0.05, 0.1) is 23.4 Å². The highest BCUT2D eigenvalue weighted by molar-refractivity contribution is 7.92. The lowest BCUT2D eigenvalue weighted by Crippen LogP contribution is -2.14. The molecule has 0 aliphatic carbocycles. The maximum absolute atomic E-state index is 12.2. The smallest absolute Gasteiger partial charge is 0.261 e. The Balaban J connectivity index is 2.30. The lowest BCUT2D eigenvalue weighted by Gasteiger charge is -2.11. The summed E-state index contributed by atoms with van der Waals surface area (Å²) in [6, 6.07) is 10.6. The Bertz CT molecular complexity index is 715. The Kier molecular flexibility index (Phi) is 4.06. The second-order valence-corrected chi connectivity index (χ2v) is 6.13. The zero-order valence-electron chi connectivity index (χ0n) is 10.6. The molecule has 7 heteroatoms. The second-order valence-electron chi connectivity index (χ2n) is 4.01. The number of nitrogen functional groups attached to an aromatic ring is 1. The number of ether oxygens (including phenoxy) is 1. The maximum Gasteiger partial charge on any atom is 0.261 e. The van der Waals surface area contributed by atoms with Crippen LogP contribution in [0.5, 0.6) is 5.75 Å². The fraction of sp³-hybridized carbons (Fsp3) is 0.0769. The molecule has 0 saturated heterocycles. The van der Waals surface area contributed by atoms with Gasteiger partial charge in [-0.3, -0.25) is 4.72 Å². The van der Waals surface area contributed by atoms with Crippen molar-refractivity contribution < 1.29 is 13.2 Å². The molecule has 0 amide bonds. The Morgan fingerprint density at radius 3 is 2.35 bits per heavy atom. The molecule has 5 nitrogen and oxygen atoms in total. The van der Waals surface area contributed by atoms with Crippen LogP contribution in [0.25, 0.3) is 0 Å². The summed E-state index contributed by atoms with van der Waals surface area (Å²) in [5, 5.41) is 0.440. The van der Waals surface area contributed by atoms with Crippen LogP contribution in [-0.4, -0.2) is 15.5 Å². The molecule has 0 saturated carbocycles. The van der Waals surface area contributed by atoms with Gasteiger partial charge in [-0.25, -0.2) is 8.42 Å². The Morgan fingerprint density at radius 1 is 1.15 bits per heavy atom. The zero-order chi connectivity index (χ0) is 14.8. The van der Waals surface area contributed by atoms with E-state index in [1.165, 1.54) is 31.4 Å². The van der Waals surface area contributed by atoms with Gasteiger partial charge >= 0.3 is 0 Å². The van der Waals surface area contributed by atoms with E-state index in [1.54, 1.807) is 18.2 Å². The van der Waals surface area contributed by atoms with Crippen LogP contribution in [-0.2, 0) is 10.0 Å². The molecule has 0 heterocycles. The molecule has 2 rings (SSSR count). The summed E-state index contributed by atoms with van der Waals surface area (Å²) >= 11 is 5.77. The van der Waals surface area contributed by atoms with Gasteiger partial charge in [-0.1, -0.05) is 11.6 Å². The van der Waals surface area contributed by atoms with E-state index >= 15 is 0 Å². The fourth-order valence-electron chi connectivity index (χ4n) is 1.59. The first-order chi connectivity index (χ1) is 9.42. The number of rotatable bonds is 4. The molecule has 2 aromatic rings. The van der Waals surface area contributed by atoms with Crippen molar-refractivity contribution >= 4 is 33.0 Å². The van der Waals surface area contributed by atoms with E-state index in [2.05, 4.69) is 4.72 Å². The van der Waals surface area contributed by atoms with Crippen LogP contribution in [0.4, 0.5) is 11.4 Å². The van der Waals surface area contributed by atoms with Crippen molar-refractivity contribution in [3.63, 3.8) is 0 Å². The van der Waals surface area contributed by atoms with Crippen molar-refractivity contribution in [2.75, 3.05) is 17.6 Å². The summed E-state index contributed by atoms with van der Waals surface area (Å²) in [6.45, 7) is 0. The molecule has 20 heavy (non-hydrogen) atoms. The minimum absolute atomic E-state index is 0.118. The molecule has 2 aromatic carbocycles. The van der Waals surface area contributed by atoms with Crippen molar-refractivity contribution in [2.24, 2.45) is 0 Å². The summed E-state index contributed by atoms with van der Waals surface area (Å²) in [4.78, 5) is 0.118. The molecular weight excluding hydrogens is 300 g/mol. The first-order valence-electron chi connectivity index (χ1n) is 5.64. The third-order valence-electron chi connectivity index (χ3n) is 2.63. The van der Waals surface area contributed by atoms with Crippen molar-refractivity contribution in [3.8, 4) is 5.75 Å². The molecule has 0 atom stereocenters. The highest BCUT2D eigenvalue weighted by Crippen LogP contribution is 2.25. The number of halogens is 1. The summed E-state index contributed by atoms with van der Waals surface area (Å²) in [6.07, 6.45) is 0. The Morgan fingerprint density at radius 2 is 1.80 bits per heavy atom. The van der Waals surface area contributed by atoms with E-state index in [1.807, 2.05) is 0 Å². The van der Waals surface area contributed by atoms with Crippen LogP contribution >= 0.6 is 11.6 Å². The molecule has 3 N–H and O–H groups in total. The predicted molar refractivity (Wildman–Crippen MR) is 79.7 cm³/mol. The standard InChI is InChI=1S/C13H13ClN2O3S/c1-19-10-3-5-11(6-4-10)20(17,18)16-13-7-2-9(14)8-12(13)15/h2-8,16H,15H2,1H3. The van der Waals surface area contributed by atoms with Gasteiger partial charge in [0.2, 0.25) is 0 Å². The summed E-state index contributed by atoms with van der Waals surface area (Å²) in [5.41, 5.74) is 6.26. The van der Waals surface area contributed by atoms with Gasteiger partial charge in [0.1, 0.15) is 5.75 Å². The van der Waals surface area contributed by atoms with Crippen LogP contribution in [0.15, 0.2) is 47.4 Å². The van der Waals surface area contributed by atoms with E-state index < -0.39 is 10.0 Å². The van der Waals surface area contributed by atoms with E-state index in [4.69, 9.17) is 22.1 Å². The largest absolute Gasteiger partial charge is 0.497 e. The summed E-state index contributed by atoms with van der Waals surface area (Å²) in [5.74, 6) is 0.579. The van der Waals surface area contributed by atoms with E-state index in [-0.39, 0.29) is 16.3 Å². The number of nitrogens with two attached hydrogens (primary N) is 1. The van der Waals surface area contributed by atoms with Gasteiger partial charge in [0.25, 0.3) is 10.0 Å². The lowest BCUT2D eigenvalue weighted by molar-refractivity contribution is 0.414. The Hall–Kier alpha value is -1.92. The number of anilines is 2. The molecule has 0 fully saturated rings. The monoisotopic (exact) mass is 312 g/mol. The molecule has 0 spiro atoms. The van der Waals surface area contributed by atoms with E-state index in [0.717, 1.165) is 0 Å². The zero-order valence-corrected chi connectivity index (χ0v) is 12.2. The first kappa shape index (κ1) is 14.5. The van der Waals surface area contributed by atoms with Gasteiger partial charge in [0.15, 0.2) is 0 Å². The number of benzene rings is 2. The third-order valence-corrected chi connectivity index (χ3v) is 4.24. The normalized spacial score (nSPS) is 11.1. The fourth-order valence-corrected chi connectivity index (χ4v) is 2.85. The summed E-state index contributed by atoms with van der Waals surface area (Å²) in [7, 11) is -2.19. The third kappa shape index (κ3) is 3.15. The number of hydrogen-bond donors (Lipinski definition) is 2. The number of sulfonamides is 1. The number of hydrogen-bond acceptors (Lipinski definition) is 4. The molecular formula is C13H13ClN2O3S. The van der Waals surface area contributed by atoms with Gasteiger partial charge in [0, 0.05) is 5.02 Å². The minimum Gasteiger partial charge on any atom is -0.497 e. The SMILES string of the molecule is COc1ccc(S(=O)(=O)Nc2ccc(Cl)cc2N)cc1. The van der Waals surface area contributed by atoms with Crippen molar-refractivity contribution in [2.45, 2.75) is 4.90 Å².